The van der Waals surface area contributed by atoms with Gasteiger partial charge in [-0.25, -0.2) is 4.98 Å². The summed E-state index contributed by atoms with van der Waals surface area (Å²) in [6.07, 6.45) is 2.12. The first-order chi connectivity index (χ1) is 8.72. The first-order valence-corrected chi connectivity index (χ1v) is 8.15. The fourth-order valence-corrected chi connectivity index (χ4v) is 3.81. The van der Waals surface area contributed by atoms with Crippen molar-refractivity contribution in [1.29, 1.82) is 0 Å². The molecule has 4 heteroatoms. The molecule has 2 heterocycles. The molecule has 1 N–H and O–H groups in total. The summed E-state index contributed by atoms with van der Waals surface area (Å²) in [5.41, 5.74) is 1.13. The Labute approximate surface area is 117 Å². The predicted molar refractivity (Wildman–Crippen MR) is 80.7 cm³/mol. The standard InChI is InChI=1S/C14H20N2S2/c1-4-11-6-7-13(18-11)12(15-5-2)8-14-16-10(3)9-17-14/h6-7,9,12,15H,4-5,8H2,1-3H3. The Morgan fingerprint density at radius 1 is 1.33 bits per heavy atom. The SMILES string of the molecule is CCNC(Cc1nc(C)cs1)c1ccc(CC)s1. The van der Waals surface area contributed by atoms with E-state index in [0.29, 0.717) is 6.04 Å². The molecule has 18 heavy (non-hydrogen) atoms. The van der Waals surface area contributed by atoms with Crippen molar-refractivity contribution in [2.45, 2.75) is 39.7 Å². The maximum absolute atomic E-state index is 4.57. The number of likely N-dealkylation sites (N-methyl/N-ethyl adjacent to an activating group) is 1. The van der Waals surface area contributed by atoms with Gasteiger partial charge in [-0.15, -0.1) is 22.7 Å². The molecule has 0 fully saturated rings. The second-order valence-electron chi connectivity index (χ2n) is 4.35. The molecule has 2 aromatic rings. The molecule has 98 valence electrons. The van der Waals surface area contributed by atoms with Gasteiger partial charge in [-0.3, -0.25) is 0 Å². The third-order valence-electron chi connectivity index (χ3n) is 2.87. The molecule has 0 saturated carbocycles. The molecule has 1 atom stereocenters. The maximum atomic E-state index is 4.57. The highest BCUT2D eigenvalue weighted by molar-refractivity contribution is 7.12. The normalized spacial score (nSPS) is 12.8. The van der Waals surface area contributed by atoms with E-state index < -0.39 is 0 Å². The minimum absolute atomic E-state index is 0.408. The molecule has 0 bridgehead atoms. The fraction of sp³-hybridized carbons (Fsp3) is 0.500. The first-order valence-electron chi connectivity index (χ1n) is 6.46. The van der Waals surface area contributed by atoms with Crippen LogP contribution in [0.25, 0.3) is 0 Å². The third-order valence-corrected chi connectivity index (χ3v) is 5.20. The predicted octanol–water partition coefficient (Wildman–Crippen LogP) is 3.97. The van der Waals surface area contributed by atoms with Gasteiger partial charge in [0.1, 0.15) is 0 Å². The topological polar surface area (TPSA) is 24.9 Å². The van der Waals surface area contributed by atoms with E-state index in [1.165, 1.54) is 14.8 Å². The fourth-order valence-electron chi connectivity index (χ4n) is 1.96. The molecule has 0 saturated heterocycles. The van der Waals surface area contributed by atoms with Crippen molar-refractivity contribution in [3.63, 3.8) is 0 Å². The summed E-state index contributed by atoms with van der Waals surface area (Å²) in [4.78, 5) is 7.46. The molecule has 0 aliphatic heterocycles. The van der Waals surface area contributed by atoms with Crippen molar-refractivity contribution in [3.05, 3.63) is 38.0 Å². The van der Waals surface area contributed by atoms with Crippen LogP contribution in [0.2, 0.25) is 0 Å². The number of nitrogens with one attached hydrogen (secondary N) is 1. The zero-order valence-electron chi connectivity index (χ0n) is 11.2. The minimum atomic E-state index is 0.408. The van der Waals surface area contributed by atoms with Gasteiger partial charge in [0.25, 0.3) is 0 Å². The number of aromatic nitrogens is 1. The second kappa shape index (κ2) is 6.45. The number of hydrogen-bond acceptors (Lipinski definition) is 4. The lowest BCUT2D eigenvalue weighted by Gasteiger charge is -2.14. The highest BCUT2D eigenvalue weighted by atomic mass is 32.1. The van der Waals surface area contributed by atoms with Gasteiger partial charge in [0.2, 0.25) is 0 Å². The summed E-state index contributed by atoms with van der Waals surface area (Å²) in [6.45, 7) is 7.42. The van der Waals surface area contributed by atoms with Gasteiger partial charge in [-0.1, -0.05) is 13.8 Å². The van der Waals surface area contributed by atoms with Crippen LogP contribution in [0.1, 0.15) is 40.3 Å². The van der Waals surface area contributed by atoms with Crippen molar-refractivity contribution >= 4 is 22.7 Å². The van der Waals surface area contributed by atoms with Crippen LogP contribution in [0.5, 0.6) is 0 Å². The Morgan fingerprint density at radius 3 is 2.72 bits per heavy atom. The Balaban J connectivity index is 2.12. The van der Waals surface area contributed by atoms with E-state index in [-0.39, 0.29) is 0 Å². The molecule has 0 amide bonds. The van der Waals surface area contributed by atoms with Crippen molar-refractivity contribution in [1.82, 2.24) is 10.3 Å². The number of thiazole rings is 1. The summed E-state index contributed by atoms with van der Waals surface area (Å²) < 4.78 is 0. The largest absolute Gasteiger partial charge is 0.309 e. The molecule has 2 nitrogen and oxygen atoms in total. The molecular formula is C14H20N2S2. The lowest BCUT2D eigenvalue weighted by atomic mass is 10.1. The summed E-state index contributed by atoms with van der Waals surface area (Å²) in [7, 11) is 0. The van der Waals surface area contributed by atoms with Crippen LogP contribution in [0, 0.1) is 6.92 Å². The Morgan fingerprint density at radius 2 is 2.17 bits per heavy atom. The van der Waals surface area contributed by atoms with E-state index in [9.17, 15) is 0 Å². The zero-order valence-corrected chi connectivity index (χ0v) is 12.8. The van der Waals surface area contributed by atoms with Gasteiger partial charge in [-0.05, 0) is 32.0 Å². The van der Waals surface area contributed by atoms with E-state index in [1.807, 2.05) is 11.3 Å². The Kier molecular flexibility index (Phi) is 4.92. The molecule has 2 rings (SSSR count). The van der Waals surface area contributed by atoms with Crippen LogP contribution < -0.4 is 5.32 Å². The Hall–Kier alpha value is -0.710. The lowest BCUT2D eigenvalue weighted by molar-refractivity contribution is 0.556. The van der Waals surface area contributed by atoms with E-state index in [2.05, 4.69) is 48.6 Å². The number of hydrogen-bond donors (Lipinski definition) is 1. The van der Waals surface area contributed by atoms with Crippen molar-refractivity contribution in [2.24, 2.45) is 0 Å². The minimum Gasteiger partial charge on any atom is -0.309 e. The third kappa shape index (κ3) is 3.40. The van der Waals surface area contributed by atoms with Gasteiger partial charge >= 0.3 is 0 Å². The van der Waals surface area contributed by atoms with E-state index in [0.717, 1.165) is 25.1 Å². The quantitative estimate of drug-likeness (QED) is 0.866. The monoisotopic (exact) mass is 280 g/mol. The number of rotatable bonds is 6. The molecule has 0 aliphatic rings. The van der Waals surface area contributed by atoms with Crippen molar-refractivity contribution in [3.8, 4) is 0 Å². The van der Waals surface area contributed by atoms with Crippen molar-refractivity contribution < 1.29 is 0 Å². The van der Waals surface area contributed by atoms with Crippen LogP contribution in [0.3, 0.4) is 0 Å². The number of nitrogens with zero attached hydrogens (tertiary/aromatic N) is 1. The average molecular weight is 280 g/mol. The number of thiophene rings is 1. The molecule has 0 aliphatic carbocycles. The van der Waals surface area contributed by atoms with Gasteiger partial charge in [-0.2, -0.15) is 0 Å². The average Bonchev–Trinajstić information content (AvgIpc) is 2.97. The van der Waals surface area contributed by atoms with Crippen LogP contribution in [0.4, 0.5) is 0 Å². The van der Waals surface area contributed by atoms with Gasteiger partial charge in [0, 0.05) is 33.3 Å². The molecule has 2 aromatic heterocycles. The van der Waals surface area contributed by atoms with Crippen molar-refractivity contribution in [2.75, 3.05) is 6.54 Å². The summed E-state index contributed by atoms with van der Waals surface area (Å²) in [6, 6.07) is 4.92. The molecule has 1 unspecified atom stereocenters. The number of aryl methyl sites for hydroxylation is 2. The highest BCUT2D eigenvalue weighted by Crippen LogP contribution is 2.27. The van der Waals surface area contributed by atoms with Gasteiger partial charge in [0.05, 0.1) is 5.01 Å². The van der Waals surface area contributed by atoms with Gasteiger partial charge in [0.15, 0.2) is 0 Å². The van der Waals surface area contributed by atoms with Crippen LogP contribution in [-0.4, -0.2) is 11.5 Å². The Bertz CT molecular complexity index is 487. The van der Waals surface area contributed by atoms with Crippen LogP contribution in [0.15, 0.2) is 17.5 Å². The molecule has 0 radical (unpaired) electrons. The van der Waals surface area contributed by atoms with E-state index in [4.69, 9.17) is 0 Å². The van der Waals surface area contributed by atoms with Crippen LogP contribution >= 0.6 is 22.7 Å². The van der Waals surface area contributed by atoms with Gasteiger partial charge < -0.3 is 5.32 Å². The van der Waals surface area contributed by atoms with E-state index >= 15 is 0 Å². The smallest absolute Gasteiger partial charge is 0.0947 e. The second-order valence-corrected chi connectivity index (χ2v) is 6.50. The molecule has 0 aromatic carbocycles. The maximum Gasteiger partial charge on any atom is 0.0947 e. The molecular weight excluding hydrogens is 260 g/mol. The summed E-state index contributed by atoms with van der Waals surface area (Å²) in [5.74, 6) is 0. The summed E-state index contributed by atoms with van der Waals surface area (Å²) in [5, 5.41) is 6.93. The molecule has 0 spiro atoms. The highest BCUT2D eigenvalue weighted by Gasteiger charge is 2.15. The first kappa shape index (κ1) is 13.7. The van der Waals surface area contributed by atoms with E-state index in [1.54, 1.807) is 11.3 Å². The summed E-state index contributed by atoms with van der Waals surface area (Å²) >= 11 is 3.69. The zero-order chi connectivity index (χ0) is 13.0. The lowest BCUT2D eigenvalue weighted by Crippen LogP contribution is -2.22. The van der Waals surface area contributed by atoms with Crippen LogP contribution in [-0.2, 0) is 12.8 Å².